The Balaban J connectivity index is 1.44. The zero-order valence-corrected chi connectivity index (χ0v) is 19.6. The zero-order valence-electron chi connectivity index (χ0n) is 19.6. The lowest BCUT2D eigenvalue weighted by Gasteiger charge is -2.36. The highest BCUT2D eigenvalue weighted by atomic mass is 16.5. The van der Waals surface area contributed by atoms with Gasteiger partial charge in [-0.05, 0) is 55.2 Å². The Morgan fingerprint density at radius 2 is 1.71 bits per heavy atom. The molecule has 2 N–H and O–H groups in total. The highest BCUT2D eigenvalue weighted by Crippen LogP contribution is 2.25. The van der Waals surface area contributed by atoms with E-state index >= 15 is 0 Å². The largest absolute Gasteiger partial charge is 0.496 e. The second-order valence-electron chi connectivity index (χ2n) is 8.44. The lowest BCUT2D eigenvalue weighted by molar-refractivity contribution is -0.124. The Morgan fingerprint density at radius 1 is 1.00 bits per heavy atom. The molecule has 35 heavy (non-hydrogen) atoms. The third-order valence-electron chi connectivity index (χ3n) is 6.26. The molecule has 8 heteroatoms. The van der Waals surface area contributed by atoms with Gasteiger partial charge in [-0.15, -0.1) is 0 Å². The van der Waals surface area contributed by atoms with Crippen LogP contribution in [0.5, 0.6) is 5.75 Å². The van der Waals surface area contributed by atoms with Gasteiger partial charge in [-0.2, -0.15) is 0 Å². The first-order valence-electron chi connectivity index (χ1n) is 11.6. The number of amides is 3. The van der Waals surface area contributed by atoms with Crippen molar-refractivity contribution in [1.82, 2.24) is 15.5 Å². The van der Waals surface area contributed by atoms with E-state index in [1.54, 1.807) is 72.9 Å². The molecule has 0 saturated carbocycles. The van der Waals surface area contributed by atoms with Crippen molar-refractivity contribution in [2.75, 3.05) is 20.2 Å². The molecule has 4 rings (SSSR count). The molecule has 0 radical (unpaired) electrons. The fourth-order valence-corrected chi connectivity index (χ4v) is 4.34. The number of ether oxygens (including phenoxy) is 1. The lowest BCUT2D eigenvalue weighted by Crippen LogP contribution is -2.53. The monoisotopic (exact) mass is 475 g/mol. The topological polar surface area (TPSA) is 101 Å². The van der Waals surface area contributed by atoms with Crippen LogP contribution < -0.4 is 15.4 Å². The molecule has 1 saturated heterocycles. The first kappa shape index (κ1) is 24.1. The summed E-state index contributed by atoms with van der Waals surface area (Å²) in [6.45, 7) is 1.18. The standard InChI is InChI=1S/C27H29N3O5/c1-34-23-12-6-5-11-22(23)27(33)30-15-13-19(14-16-30)24(26(32)28-18-21-10-7-17-35-21)29-25(31)20-8-3-2-4-9-20/h2-12,17,19,24H,13-16,18H2,1H3,(H,28,32)(H,29,31)/t24-/m1/s1. The number of hydrogen-bond acceptors (Lipinski definition) is 5. The predicted molar refractivity (Wildman–Crippen MR) is 130 cm³/mol. The molecule has 1 aliphatic rings. The Morgan fingerprint density at radius 3 is 2.40 bits per heavy atom. The van der Waals surface area contributed by atoms with E-state index in [1.165, 1.54) is 0 Å². The molecule has 1 fully saturated rings. The minimum absolute atomic E-state index is 0.104. The number of piperidine rings is 1. The van der Waals surface area contributed by atoms with Gasteiger partial charge in [0, 0.05) is 18.7 Å². The molecule has 2 heterocycles. The molecule has 0 bridgehead atoms. The van der Waals surface area contributed by atoms with Crippen LogP contribution in [0.4, 0.5) is 0 Å². The lowest BCUT2D eigenvalue weighted by atomic mass is 9.88. The molecule has 1 aromatic heterocycles. The van der Waals surface area contributed by atoms with Crippen LogP contribution in [0.3, 0.4) is 0 Å². The van der Waals surface area contributed by atoms with Crippen LogP contribution in [0.15, 0.2) is 77.4 Å². The van der Waals surface area contributed by atoms with Gasteiger partial charge in [0.2, 0.25) is 5.91 Å². The maximum absolute atomic E-state index is 13.2. The summed E-state index contributed by atoms with van der Waals surface area (Å²) in [6.07, 6.45) is 2.70. The second-order valence-corrected chi connectivity index (χ2v) is 8.44. The van der Waals surface area contributed by atoms with Gasteiger partial charge in [0.15, 0.2) is 0 Å². The fourth-order valence-electron chi connectivity index (χ4n) is 4.34. The number of hydrogen-bond donors (Lipinski definition) is 2. The highest BCUT2D eigenvalue weighted by molar-refractivity contribution is 5.98. The number of furan rings is 1. The second kappa shape index (κ2) is 11.4. The molecule has 0 unspecified atom stereocenters. The smallest absolute Gasteiger partial charge is 0.257 e. The number of methoxy groups -OCH3 is 1. The maximum atomic E-state index is 13.2. The van der Waals surface area contributed by atoms with Crippen LogP contribution in [0.2, 0.25) is 0 Å². The van der Waals surface area contributed by atoms with Gasteiger partial charge >= 0.3 is 0 Å². The Kier molecular flexibility index (Phi) is 7.82. The van der Waals surface area contributed by atoms with Crippen LogP contribution in [0.1, 0.15) is 39.3 Å². The first-order chi connectivity index (χ1) is 17.1. The van der Waals surface area contributed by atoms with Crippen LogP contribution in [-0.2, 0) is 11.3 Å². The molecule has 1 aliphatic heterocycles. The normalized spacial score (nSPS) is 14.7. The number of benzene rings is 2. The number of para-hydroxylation sites is 1. The molecular weight excluding hydrogens is 446 g/mol. The van der Waals surface area contributed by atoms with Crippen LogP contribution in [-0.4, -0.2) is 48.9 Å². The third-order valence-corrected chi connectivity index (χ3v) is 6.26. The van der Waals surface area contributed by atoms with Gasteiger partial charge < -0.3 is 24.7 Å². The summed E-state index contributed by atoms with van der Waals surface area (Å²) >= 11 is 0. The van der Waals surface area contributed by atoms with E-state index in [0.29, 0.717) is 48.6 Å². The summed E-state index contributed by atoms with van der Waals surface area (Å²) in [4.78, 5) is 40.9. The molecule has 8 nitrogen and oxygen atoms in total. The SMILES string of the molecule is COc1ccccc1C(=O)N1CCC([C@@H](NC(=O)c2ccccc2)C(=O)NCc2ccco2)CC1. The van der Waals surface area contributed by atoms with E-state index in [0.717, 1.165) is 0 Å². The van der Waals surface area contributed by atoms with Gasteiger partial charge in [0.25, 0.3) is 11.8 Å². The number of carbonyl (C=O) groups excluding carboxylic acids is 3. The van der Waals surface area contributed by atoms with Gasteiger partial charge in [-0.3, -0.25) is 14.4 Å². The summed E-state index contributed by atoms with van der Waals surface area (Å²) in [7, 11) is 1.54. The highest BCUT2D eigenvalue weighted by Gasteiger charge is 2.34. The van der Waals surface area contributed by atoms with Gasteiger partial charge in [-0.25, -0.2) is 0 Å². The number of nitrogens with one attached hydrogen (secondary N) is 2. The van der Waals surface area contributed by atoms with Crippen molar-refractivity contribution in [3.63, 3.8) is 0 Å². The minimum Gasteiger partial charge on any atom is -0.496 e. The van der Waals surface area contributed by atoms with E-state index in [1.807, 2.05) is 12.1 Å². The molecule has 182 valence electrons. The van der Waals surface area contributed by atoms with Crippen LogP contribution in [0, 0.1) is 5.92 Å². The summed E-state index contributed by atoms with van der Waals surface area (Å²) < 4.78 is 10.6. The fraction of sp³-hybridized carbons (Fsp3) is 0.296. The average Bonchev–Trinajstić information content (AvgIpc) is 3.44. The van der Waals surface area contributed by atoms with Crippen LogP contribution >= 0.6 is 0 Å². The van der Waals surface area contributed by atoms with Gasteiger partial charge in [0.1, 0.15) is 17.6 Å². The van der Waals surface area contributed by atoms with E-state index in [2.05, 4.69) is 10.6 Å². The Labute approximate surface area is 204 Å². The molecule has 1 atom stereocenters. The van der Waals surface area contributed by atoms with Crippen molar-refractivity contribution in [2.45, 2.75) is 25.4 Å². The zero-order chi connectivity index (χ0) is 24.6. The van der Waals surface area contributed by atoms with Crippen molar-refractivity contribution < 1.29 is 23.5 Å². The van der Waals surface area contributed by atoms with Crippen molar-refractivity contribution in [3.8, 4) is 5.75 Å². The molecule has 0 aliphatic carbocycles. The minimum atomic E-state index is -0.735. The van der Waals surface area contributed by atoms with Gasteiger partial charge in [-0.1, -0.05) is 30.3 Å². The Bertz CT molecular complexity index is 1140. The average molecular weight is 476 g/mol. The van der Waals surface area contributed by atoms with E-state index in [9.17, 15) is 14.4 Å². The summed E-state index contributed by atoms with van der Waals surface area (Å²) in [6, 6.07) is 18.8. The summed E-state index contributed by atoms with van der Waals surface area (Å²) in [5, 5.41) is 5.79. The van der Waals surface area contributed by atoms with Crippen molar-refractivity contribution >= 4 is 17.7 Å². The van der Waals surface area contributed by atoms with Crippen LogP contribution in [0.25, 0.3) is 0 Å². The third kappa shape index (κ3) is 5.90. The molecule has 2 aromatic carbocycles. The maximum Gasteiger partial charge on any atom is 0.257 e. The summed E-state index contributed by atoms with van der Waals surface area (Å²) in [5.74, 6) is 0.346. The first-order valence-corrected chi connectivity index (χ1v) is 11.6. The molecule has 0 spiro atoms. The van der Waals surface area contributed by atoms with Crippen molar-refractivity contribution in [2.24, 2.45) is 5.92 Å². The number of likely N-dealkylation sites (tertiary alicyclic amines) is 1. The molecular formula is C27H29N3O5. The quantitative estimate of drug-likeness (QED) is 0.521. The van der Waals surface area contributed by atoms with Crippen molar-refractivity contribution in [3.05, 3.63) is 89.9 Å². The van der Waals surface area contributed by atoms with Crippen molar-refractivity contribution in [1.29, 1.82) is 0 Å². The van der Waals surface area contributed by atoms with Gasteiger partial charge in [0.05, 0.1) is 25.5 Å². The van der Waals surface area contributed by atoms with E-state index < -0.39 is 6.04 Å². The summed E-state index contributed by atoms with van der Waals surface area (Å²) in [5.41, 5.74) is 0.999. The number of nitrogens with zero attached hydrogens (tertiary/aromatic N) is 1. The Hall–Kier alpha value is -4.07. The molecule has 3 amide bonds. The number of rotatable bonds is 8. The van der Waals surface area contributed by atoms with E-state index in [-0.39, 0.29) is 30.2 Å². The molecule has 3 aromatic rings. The number of carbonyl (C=O) groups is 3. The predicted octanol–water partition coefficient (Wildman–Crippen LogP) is 3.26. The van der Waals surface area contributed by atoms with E-state index in [4.69, 9.17) is 9.15 Å².